The van der Waals surface area contributed by atoms with Gasteiger partial charge in [-0.2, -0.15) is 0 Å². The highest BCUT2D eigenvalue weighted by atomic mass is 16.2. The normalized spacial score (nSPS) is 23.4. The lowest BCUT2D eigenvalue weighted by Gasteiger charge is -2.19. The van der Waals surface area contributed by atoms with Crippen molar-refractivity contribution in [2.24, 2.45) is 5.73 Å². The summed E-state index contributed by atoms with van der Waals surface area (Å²) in [4.78, 5) is 13.7. The molecule has 4 nitrogen and oxygen atoms in total. The van der Waals surface area contributed by atoms with E-state index < -0.39 is 0 Å². The highest BCUT2D eigenvalue weighted by Gasteiger charge is 2.33. The second kappa shape index (κ2) is 5.40. The van der Waals surface area contributed by atoms with Crippen LogP contribution in [0.1, 0.15) is 25.3 Å². The Morgan fingerprint density at radius 2 is 2.00 bits per heavy atom. The number of likely N-dealkylation sites (tertiary alicyclic amines) is 1. The summed E-state index contributed by atoms with van der Waals surface area (Å²) in [5.74, 6) is 0.240. The molecule has 4 heteroatoms. The van der Waals surface area contributed by atoms with E-state index in [2.05, 4.69) is 17.4 Å². The Bertz CT molecular complexity index is 405. The maximum absolute atomic E-state index is 11.9. The Morgan fingerprint density at radius 3 is 2.61 bits per heavy atom. The molecule has 1 aliphatic rings. The van der Waals surface area contributed by atoms with Gasteiger partial charge in [-0.3, -0.25) is 0 Å². The quantitative estimate of drug-likeness (QED) is 0.832. The summed E-state index contributed by atoms with van der Waals surface area (Å²) >= 11 is 0. The Balaban J connectivity index is 2.03. The second-order valence-electron chi connectivity index (χ2n) is 5.19. The molecule has 0 aromatic heterocycles. The van der Waals surface area contributed by atoms with Crippen molar-refractivity contribution in [3.8, 4) is 0 Å². The van der Waals surface area contributed by atoms with E-state index in [1.807, 2.05) is 36.9 Å². The second-order valence-corrected chi connectivity index (χ2v) is 5.19. The standard InChI is InChI=1S/C14H21N3O/c1-10(2)16-14(18)17-8-12(13(15)9-17)11-6-4-3-5-7-11/h3-7,10,12-13H,8-9,15H2,1-2H3,(H,16,18)/t12-,13+/m0/s1. The van der Waals surface area contributed by atoms with Gasteiger partial charge in [0.15, 0.2) is 0 Å². The fourth-order valence-corrected chi connectivity index (χ4v) is 2.39. The van der Waals surface area contributed by atoms with E-state index in [1.165, 1.54) is 5.56 Å². The third-order valence-corrected chi connectivity index (χ3v) is 3.29. The molecule has 1 aromatic carbocycles. The van der Waals surface area contributed by atoms with Crippen molar-refractivity contribution >= 4 is 6.03 Å². The van der Waals surface area contributed by atoms with Crippen LogP contribution in [0.2, 0.25) is 0 Å². The highest BCUT2D eigenvalue weighted by Crippen LogP contribution is 2.26. The number of hydrogen-bond donors (Lipinski definition) is 2. The smallest absolute Gasteiger partial charge is 0.317 e. The van der Waals surface area contributed by atoms with Gasteiger partial charge in [0.2, 0.25) is 0 Å². The summed E-state index contributed by atoms with van der Waals surface area (Å²) in [5.41, 5.74) is 7.36. The molecular formula is C14H21N3O. The summed E-state index contributed by atoms with van der Waals surface area (Å²) < 4.78 is 0. The number of amides is 2. The zero-order valence-electron chi connectivity index (χ0n) is 11.0. The van der Waals surface area contributed by atoms with Crippen LogP contribution in [-0.2, 0) is 0 Å². The van der Waals surface area contributed by atoms with Crippen molar-refractivity contribution in [2.75, 3.05) is 13.1 Å². The van der Waals surface area contributed by atoms with Gasteiger partial charge in [0, 0.05) is 31.1 Å². The molecule has 3 N–H and O–H groups in total. The maximum Gasteiger partial charge on any atom is 0.317 e. The zero-order valence-corrected chi connectivity index (χ0v) is 11.0. The average Bonchev–Trinajstić information content (AvgIpc) is 2.72. The first-order valence-electron chi connectivity index (χ1n) is 6.44. The van der Waals surface area contributed by atoms with Crippen LogP contribution < -0.4 is 11.1 Å². The van der Waals surface area contributed by atoms with Crippen LogP contribution in [-0.4, -0.2) is 36.1 Å². The van der Waals surface area contributed by atoms with Gasteiger partial charge in [0.1, 0.15) is 0 Å². The lowest BCUT2D eigenvalue weighted by Crippen LogP contribution is -2.42. The largest absolute Gasteiger partial charge is 0.336 e. The Labute approximate surface area is 108 Å². The fraction of sp³-hybridized carbons (Fsp3) is 0.500. The molecule has 1 aliphatic heterocycles. The van der Waals surface area contributed by atoms with Crippen LogP contribution >= 0.6 is 0 Å². The maximum atomic E-state index is 11.9. The summed E-state index contributed by atoms with van der Waals surface area (Å²) in [6.07, 6.45) is 0. The molecule has 2 rings (SSSR count). The fourth-order valence-electron chi connectivity index (χ4n) is 2.39. The van der Waals surface area contributed by atoms with Crippen LogP contribution in [0.4, 0.5) is 4.79 Å². The molecule has 98 valence electrons. The number of hydrogen-bond acceptors (Lipinski definition) is 2. The molecule has 1 aromatic rings. The number of nitrogens with zero attached hydrogens (tertiary/aromatic N) is 1. The molecule has 0 saturated carbocycles. The van der Waals surface area contributed by atoms with E-state index >= 15 is 0 Å². The molecule has 1 fully saturated rings. The summed E-state index contributed by atoms with van der Waals surface area (Å²) in [7, 11) is 0. The molecule has 1 heterocycles. The third kappa shape index (κ3) is 2.82. The minimum Gasteiger partial charge on any atom is -0.336 e. The number of urea groups is 1. The lowest BCUT2D eigenvalue weighted by atomic mass is 9.95. The van der Waals surface area contributed by atoms with Gasteiger partial charge >= 0.3 is 6.03 Å². The highest BCUT2D eigenvalue weighted by molar-refractivity contribution is 5.75. The van der Waals surface area contributed by atoms with Gasteiger partial charge in [-0.1, -0.05) is 30.3 Å². The first-order valence-corrected chi connectivity index (χ1v) is 6.44. The third-order valence-electron chi connectivity index (χ3n) is 3.29. The number of carbonyl (C=O) groups excluding carboxylic acids is 1. The SMILES string of the molecule is CC(C)NC(=O)N1C[C@@H](N)[C@H](c2ccccc2)C1. The summed E-state index contributed by atoms with van der Waals surface area (Å²) in [5, 5.41) is 2.91. The predicted octanol–water partition coefficient (Wildman–Crippen LogP) is 1.53. The van der Waals surface area contributed by atoms with Gasteiger partial charge < -0.3 is 16.0 Å². The van der Waals surface area contributed by atoms with Gasteiger partial charge in [0.25, 0.3) is 0 Å². The van der Waals surface area contributed by atoms with Gasteiger partial charge in [-0.25, -0.2) is 4.79 Å². The number of nitrogens with two attached hydrogens (primary N) is 1. The van der Waals surface area contributed by atoms with Crippen LogP contribution in [0.5, 0.6) is 0 Å². The van der Waals surface area contributed by atoms with Crippen LogP contribution in [0, 0.1) is 0 Å². The van der Waals surface area contributed by atoms with Crippen molar-refractivity contribution in [1.29, 1.82) is 0 Å². The van der Waals surface area contributed by atoms with E-state index in [-0.39, 0.29) is 24.0 Å². The van der Waals surface area contributed by atoms with Crippen molar-refractivity contribution in [3.63, 3.8) is 0 Å². The molecule has 18 heavy (non-hydrogen) atoms. The van der Waals surface area contributed by atoms with E-state index in [0.29, 0.717) is 13.1 Å². The topological polar surface area (TPSA) is 58.4 Å². The van der Waals surface area contributed by atoms with Crippen molar-refractivity contribution in [3.05, 3.63) is 35.9 Å². The van der Waals surface area contributed by atoms with Crippen LogP contribution in [0.15, 0.2) is 30.3 Å². The summed E-state index contributed by atoms with van der Waals surface area (Å²) in [6, 6.07) is 10.3. The van der Waals surface area contributed by atoms with E-state index in [1.54, 1.807) is 0 Å². The molecule has 0 aliphatic carbocycles. The minimum atomic E-state index is -0.0149. The monoisotopic (exact) mass is 247 g/mol. The zero-order chi connectivity index (χ0) is 13.1. The average molecular weight is 247 g/mol. The molecule has 0 spiro atoms. The Morgan fingerprint density at radius 1 is 1.33 bits per heavy atom. The number of nitrogens with one attached hydrogen (secondary N) is 1. The van der Waals surface area contributed by atoms with Crippen molar-refractivity contribution in [1.82, 2.24) is 10.2 Å². The molecule has 0 unspecified atom stereocenters. The lowest BCUT2D eigenvalue weighted by molar-refractivity contribution is 0.205. The van der Waals surface area contributed by atoms with Crippen LogP contribution in [0.25, 0.3) is 0 Å². The van der Waals surface area contributed by atoms with E-state index in [0.717, 1.165) is 0 Å². The molecule has 2 atom stereocenters. The van der Waals surface area contributed by atoms with Crippen LogP contribution in [0.3, 0.4) is 0 Å². The molecule has 1 saturated heterocycles. The predicted molar refractivity (Wildman–Crippen MR) is 72.4 cm³/mol. The van der Waals surface area contributed by atoms with Crippen molar-refractivity contribution < 1.29 is 4.79 Å². The molecule has 0 bridgehead atoms. The minimum absolute atomic E-state index is 0.0149. The number of rotatable bonds is 2. The summed E-state index contributed by atoms with van der Waals surface area (Å²) in [6.45, 7) is 5.24. The van der Waals surface area contributed by atoms with E-state index in [4.69, 9.17) is 5.73 Å². The van der Waals surface area contributed by atoms with Crippen molar-refractivity contribution in [2.45, 2.75) is 31.8 Å². The molecule has 2 amide bonds. The van der Waals surface area contributed by atoms with Gasteiger partial charge in [-0.15, -0.1) is 0 Å². The van der Waals surface area contributed by atoms with E-state index in [9.17, 15) is 4.79 Å². The number of benzene rings is 1. The molecule has 0 radical (unpaired) electrons. The Kier molecular flexibility index (Phi) is 3.87. The van der Waals surface area contributed by atoms with Gasteiger partial charge in [-0.05, 0) is 19.4 Å². The first kappa shape index (κ1) is 12.9. The van der Waals surface area contributed by atoms with Gasteiger partial charge in [0.05, 0.1) is 0 Å². The molecular weight excluding hydrogens is 226 g/mol. The Hall–Kier alpha value is -1.55. The number of carbonyl (C=O) groups is 1. The first-order chi connectivity index (χ1) is 8.58.